The van der Waals surface area contributed by atoms with E-state index in [4.69, 9.17) is 9.84 Å². The van der Waals surface area contributed by atoms with Crippen molar-refractivity contribution in [3.63, 3.8) is 0 Å². The highest BCUT2D eigenvalue weighted by molar-refractivity contribution is 5.80. The second-order valence-corrected chi connectivity index (χ2v) is 5.76. The molecule has 1 aromatic rings. The van der Waals surface area contributed by atoms with Gasteiger partial charge in [0.05, 0.1) is 19.2 Å². The Kier molecular flexibility index (Phi) is 4.29. The van der Waals surface area contributed by atoms with Crippen molar-refractivity contribution in [2.45, 2.75) is 31.3 Å². The van der Waals surface area contributed by atoms with Crippen LogP contribution in [-0.4, -0.2) is 47.6 Å². The predicted molar refractivity (Wildman–Crippen MR) is 79.7 cm³/mol. The number of carboxylic acids is 1. The van der Waals surface area contributed by atoms with Crippen LogP contribution in [0.3, 0.4) is 0 Å². The number of fused-ring (bicyclic) bond motifs is 1. The minimum absolute atomic E-state index is 0.0664. The van der Waals surface area contributed by atoms with Gasteiger partial charge in [-0.3, -0.25) is 14.5 Å². The standard InChI is InChI=1S/C16H20N2O4/c19-15(10-18-8-3-5-13(18)16(20)21)17-12-7-9-22-14-6-2-1-4-11(12)14/h1-2,4,6,12-13H,3,5,7-10H2,(H,17,19)(H,20,21)/t12-,13-/m0/s1. The molecule has 2 heterocycles. The van der Waals surface area contributed by atoms with Gasteiger partial charge in [0.2, 0.25) is 5.91 Å². The van der Waals surface area contributed by atoms with Gasteiger partial charge in [0.1, 0.15) is 11.8 Å². The molecule has 3 rings (SSSR count). The van der Waals surface area contributed by atoms with Crippen molar-refractivity contribution in [3.8, 4) is 5.75 Å². The Bertz CT molecular complexity index is 575. The van der Waals surface area contributed by atoms with Gasteiger partial charge in [-0.05, 0) is 25.5 Å². The minimum atomic E-state index is -0.846. The second kappa shape index (κ2) is 6.36. The van der Waals surface area contributed by atoms with Crippen LogP contribution in [0.2, 0.25) is 0 Å². The van der Waals surface area contributed by atoms with Crippen molar-refractivity contribution in [2.75, 3.05) is 19.7 Å². The van der Waals surface area contributed by atoms with E-state index in [1.165, 1.54) is 0 Å². The molecule has 0 saturated carbocycles. The van der Waals surface area contributed by atoms with Crippen LogP contribution < -0.4 is 10.1 Å². The number of carboxylic acid groups (broad SMARTS) is 1. The number of likely N-dealkylation sites (tertiary alicyclic amines) is 1. The molecule has 2 atom stereocenters. The van der Waals surface area contributed by atoms with E-state index < -0.39 is 12.0 Å². The molecule has 6 nitrogen and oxygen atoms in total. The average molecular weight is 304 g/mol. The highest BCUT2D eigenvalue weighted by Crippen LogP contribution is 2.31. The Morgan fingerprint density at radius 2 is 2.14 bits per heavy atom. The van der Waals surface area contributed by atoms with E-state index in [-0.39, 0.29) is 18.5 Å². The van der Waals surface area contributed by atoms with Gasteiger partial charge >= 0.3 is 5.97 Å². The van der Waals surface area contributed by atoms with Crippen LogP contribution in [0.4, 0.5) is 0 Å². The van der Waals surface area contributed by atoms with Crippen LogP contribution in [0.1, 0.15) is 30.9 Å². The molecule has 0 unspecified atom stereocenters. The first-order chi connectivity index (χ1) is 10.6. The summed E-state index contributed by atoms with van der Waals surface area (Å²) in [6.45, 7) is 1.37. The number of ether oxygens (including phenoxy) is 1. The lowest BCUT2D eigenvalue weighted by Crippen LogP contribution is -2.44. The molecule has 0 aromatic heterocycles. The van der Waals surface area contributed by atoms with Crippen LogP contribution in [0.5, 0.6) is 5.75 Å². The van der Waals surface area contributed by atoms with Gasteiger partial charge in [-0.1, -0.05) is 18.2 Å². The van der Waals surface area contributed by atoms with Crippen LogP contribution in [0.15, 0.2) is 24.3 Å². The number of amides is 1. The third-order valence-corrected chi connectivity index (χ3v) is 4.29. The summed E-state index contributed by atoms with van der Waals surface area (Å²) in [7, 11) is 0. The zero-order valence-corrected chi connectivity index (χ0v) is 12.3. The molecule has 1 amide bonds. The lowest BCUT2D eigenvalue weighted by atomic mass is 10.0. The molecule has 0 aliphatic carbocycles. The number of carbonyl (C=O) groups is 2. The average Bonchev–Trinajstić information content (AvgIpc) is 2.96. The molecule has 118 valence electrons. The molecule has 2 aliphatic heterocycles. The fourth-order valence-electron chi connectivity index (χ4n) is 3.21. The van der Waals surface area contributed by atoms with E-state index >= 15 is 0 Å². The van der Waals surface area contributed by atoms with Crippen molar-refractivity contribution < 1.29 is 19.4 Å². The molecule has 2 aliphatic rings. The van der Waals surface area contributed by atoms with E-state index in [1.54, 1.807) is 4.90 Å². The van der Waals surface area contributed by atoms with Crippen LogP contribution in [0.25, 0.3) is 0 Å². The summed E-state index contributed by atoms with van der Waals surface area (Å²) in [5.41, 5.74) is 0.985. The maximum atomic E-state index is 12.3. The number of hydrogen-bond donors (Lipinski definition) is 2. The largest absolute Gasteiger partial charge is 0.493 e. The number of hydrogen-bond acceptors (Lipinski definition) is 4. The van der Waals surface area contributed by atoms with E-state index in [0.29, 0.717) is 19.6 Å². The molecule has 2 N–H and O–H groups in total. The van der Waals surface area contributed by atoms with E-state index in [9.17, 15) is 9.59 Å². The Hall–Kier alpha value is -2.08. The summed E-state index contributed by atoms with van der Waals surface area (Å²) in [5.74, 6) is -0.166. The zero-order chi connectivity index (χ0) is 15.5. The third-order valence-electron chi connectivity index (χ3n) is 4.29. The summed E-state index contributed by atoms with van der Waals surface area (Å²) >= 11 is 0. The molecule has 1 fully saturated rings. The van der Waals surface area contributed by atoms with Crippen molar-refractivity contribution in [1.82, 2.24) is 10.2 Å². The van der Waals surface area contributed by atoms with E-state index in [1.807, 2.05) is 24.3 Å². The predicted octanol–water partition coefficient (Wildman–Crippen LogP) is 1.18. The SMILES string of the molecule is O=C(CN1CCC[C@H]1C(=O)O)N[C@H]1CCOc2ccccc21. The number of para-hydroxylation sites is 1. The lowest BCUT2D eigenvalue weighted by Gasteiger charge is -2.28. The maximum Gasteiger partial charge on any atom is 0.320 e. The zero-order valence-electron chi connectivity index (χ0n) is 12.3. The smallest absolute Gasteiger partial charge is 0.320 e. The van der Waals surface area contributed by atoms with Crippen molar-refractivity contribution in [3.05, 3.63) is 29.8 Å². The first-order valence-electron chi connectivity index (χ1n) is 7.63. The first kappa shape index (κ1) is 14.8. The van der Waals surface area contributed by atoms with Crippen LogP contribution in [-0.2, 0) is 9.59 Å². The molecule has 0 bridgehead atoms. The van der Waals surface area contributed by atoms with E-state index in [2.05, 4.69) is 5.32 Å². The summed E-state index contributed by atoms with van der Waals surface area (Å²) < 4.78 is 5.58. The minimum Gasteiger partial charge on any atom is -0.493 e. The van der Waals surface area contributed by atoms with Gasteiger partial charge in [0.25, 0.3) is 0 Å². The molecule has 1 saturated heterocycles. The molecule has 1 aromatic carbocycles. The number of nitrogens with zero attached hydrogens (tertiary/aromatic N) is 1. The fraction of sp³-hybridized carbons (Fsp3) is 0.500. The molecule has 0 spiro atoms. The number of aliphatic carboxylic acids is 1. The lowest BCUT2D eigenvalue weighted by molar-refractivity contribution is -0.142. The number of carbonyl (C=O) groups excluding carboxylic acids is 1. The molecule has 0 radical (unpaired) electrons. The highest BCUT2D eigenvalue weighted by atomic mass is 16.5. The fourth-order valence-corrected chi connectivity index (χ4v) is 3.21. The molecular formula is C16H20N2O4. The second-order valence-electron chi connectivity index (χ2n) is 5.76. The van der Waals surface area contributed by atoms with Gasteiger partial charge < -0.3 is 15.2 Å². The van der Waals surface area contributed by atoms with Gasteiger partial charge in [0, 0.05) is 12.0 Å². The number of nitrogens with one attached hydrogen (secondary N) is 1. The van der Waals surface area contributed by atoms with Crippen molar-refractivity contribution in [2.24, 2.45) is 0 Å². The summed E-state index contributed by atoms with van der Waals surface area (Å²) in [5, 5.41) is 12.2. The van der Waals surface area contributed by atoms with Gasteiger partial charge in [-0.2, -0.15) is 0 Å². The van der Waals surface area contributed by atoms with Crippen LogP contribution in [0, 0.1) is 0 Å². The Labute approximate surface area is 129 Å². The van der Waals surface area contributed by atoms with Gasteiger partial charge in [-0.15, -0.1) is 0 Å². The van der Waals surface area contributed by atoms with Gasteiger partial charge in [-0.25, -0.2) is 0 Å². The first-order valence-corrected chi connectivity index (χ1v) is 7.63. The molecule has 6 heteroatoms. The summed E-state index contributed by atoms with van der Waals surface area (Å²) in [6.07, 6.45) is 2.16. The normalized spacial score (nSPS) is 24.4. The number of benzene rings is 1. The van der Waals surface area contributed by atoms with Gasteiger partial charge in [0.15, 0.2) is 0 Å². The monoisotopic (exact) mass is 304 g/mol. The Morgan fingerprint density at radius 1 is 1.32 bits per heavy atom. The van der Waals surface area contributed by atoms with Crippen molar-refractivity contribution in [1.29, 1.82) is 0 Å². The number of rotatable bonds is 4. The third kappa shape index (κ3) is 3.06. The Balaban J connectivity index is 1.62. The topological polar surface area (TPSA) is 78.9 Å². The molecule has 22 heavy (non-hydrogen) atoms. The summed E-state index contributed by atoms with van der Waals surface area (Å²) in [4.78, 5) is 25.2. The Morgan fingerprint density at radius 3 is 2.95 bits per heavy atom. The molecular weight excluding hydrogens is 284 g/mol. The summed E-state index contributed by atoms with van der Waals surface area (Å²) in [6, 6.07) is 7.08. The maximum absolute atomic E-state index is 12.3. The quantitative estimate of drug-likeness (QED) is 0.873. The van der Waals surface area contributed by atoms with Crippen LogP contribution >= 0.6 is 0 Å². The highest BCUT2D eigenvalue weighted by Gasteiger charge is 2.32. The van der Waals surface area contributed by atoms with Crippen molar-refractivity contribution >= 4 is 11.9 Å². The van der Waals surface area contributed by atoms with E-state index in [0.717, 1.165) is 24.2 Å².